The van der Waals surface area contributed by atoms with Crippen molar-refractivity contribution in [2.75, 3.05) is 12.8 Å². The van der Waals surface area contributed by atoms with Gasteiger partial charge in [-0.1, -0.05) is 0 Å². The van der Waals surface area contributed by atoms with Crippen LogP contribution in [0.15, 0.2) is 46.0 Å². The number of hydrazone groups is 1. The van der Waals surface area contributed by atoms with Crippen LogP contribution >= 0.6 is 15.9 Å². The predicted octanol–water partition coefficient (Wildman–Crippen LogP) is 3.59. The zero-order chi connectivity index (χ0) is 18.4. The molecule has 0 bridgehead atoms. The Bertz CT molecular complexity index is 774. The van der Waals surface area contributed by atoms with Gasteiger partial charge in [0, 0.05) is 11.3 Å². The average molecular weight is 406 g/mol. The van der Waals surface area contributed by atoms with Gasteiger partial charge in [0.25, 0.3) is 5.91 Å². The Morgan fingerprint density at radius 3 is 2.56 bits per heavy atom. The lowest BCUT2D eigenvalue weighted by molar-refractivity contribution is 0.0955. The van der Waals surface area contributed by atoms with E-state index in [2.05, 4.69) is 26.5 Å². The standard InChI is InChI=1S/C18H20BrN3O3/c1-11(2)25-17-15(19)8-12(9-16(17)24-3)10-21-22-18(23)13-4-6-14(20)7-5-13/h4-11H,20H2,1-3H3,(H,22,23)/b21-10-. The molecule has 0 aliphatic rings. The summed E-state index contributed by atoms with van der Waals surface area (Å²) in [6.07, 6.45) is 1.55. The first kappa shape index (κ1) is 18.8. The zero-order valence-corrected chi connectivity index (χ0v) is 15.8. The summed E-state index contributed by atoms with van der Waals surface area (Å²) in [6.45, 7) is 3.88. The maximum atomic E-state index is 12.0. The maximum Gasteiger partial charge on any atom is 0.271 e. The molecule has 0 radical (unpaired) electrons. The molecule has 0 atom stereocenters. The van der Waals surface area contributed by atoms with Gasteiger partial charge in [-0.3, -0.25) is 4.79 Å². The summed E-state index contributed by atoms with van der Waals surface area (Å²) in [5.74, 6) is 0.886. The molecule has 0 aliphatic heterocycles. The van der Waals surface area contributed by atoms with Crippen molar-refractivity contribution in [2.45, 2.75) is 20.0 Å². The van der Waals surface area contributed by atoms with Crippen LogP contribution in [0.5, 0.6) is 11.5 Å². The van der Waals surface area contributed by atoms with Crippen molar-refractivity contribution >= 4 is 33.7 Å². The van der Waals surface area contributed by atoms with E-state index in [-0.39, 0.29) is 12.0 Å². The molecule has 0 spiro atoms. The Kier molecular flexibility index (Phi) is 6.41. The van der Waals surface area contributed by atoms with Gasteiger partial charge in [0.15, 0.2) is 11.5 Å². The molecule has 0 heterocycles. The highest BCUT2D eigenvalue weighted by atomic mass is 79.9. The number of rotatable bonds is 6. The molecule has 25 heavy (non-hydrogen) atoms. The molecule has 3 N–H and O–H groups in total. The number of carbonyl (C=O) groups is 1. The topological polar surface area (TPSA) is 85.9 Å². The first-order chi connectivity index (χ1) is 11.9. The van der Waals surface area contributed by atoms with Crippen molar-refractivity contribution in [2.24, 2.45) is 5.10 Å². The van der Waals surface area contributed by atoms with Gasteiger partial charge in [0.1, 0.15) is 0 Å². The second-order valence-electron chi connectivity index (χ2n) is 5.52. The van der Waals surface area contributed by atoms with E-state index < -0.39 is 0 Å². The molecule has 0 saturated heterocycles. The molecule has 0 unspecified atom stereocenters. The van der Waals surface area contributed by atoms with Crippen molar-refractivity contribution in [1.82, 2.24) is 5.43 Å². The highest BCUT2D eigenvalue weighted by molar-refractivity contribution is 9.10. The van der Waals surface area contributed by atoms with Crippen molar-refractivity contribution in [3.05, 3.63) is 52.0 Å². The molecule has 0 aromatic heterocycles. The van der Waals surface area contributed by atoms with Crippen LogP contribution in [0.25, 0.3) is 0 Å². The monoisotopic (exact) mass is 405 g/mol. The number of nitrogen functional groups attached to an aromatic ring is 1. The SMILES string of the molecule is COc1cc(/C=N\NC(=O)c2ccc(N)cc2)cc(Br)c1OC(C)C. The Hall–Kier alpha value is -2.54. The van der Waals surface area contributed by atoms with E-state index in [1.165, 1.54) is 6.21 Å². The Balaban J connectivity index is 2.11. The van der Waals surface area contributed by atoms with Crippen molar-refractivity contribution in [3.63, 3.8) is 0 Å². The van der Waals surface area contributed by atoms with Crippen LogP contribution in [-0.2, 0) is 0 Å². The molecule has 7 heteroatoms. The number of methoxy groups -OCH3 is 1. The zero-order valence-electron chi connectivity index (χ0n) is 14.2. The molecule has 6 nitrogen and oxygen atoms in total. The van der Waals surface area contributed by atoms with E-state index >= 15 is 0 Å². The number of hydrogen-bond donors (Lipinski definition) is 2. The quantitative estimate of drug-likeness (QED) is 0.436. The molecule has 2 aromatic rings. The second-order valence-corrected chi connectivity index (χ2v) is 6.38. The summed E-state index contributed by atoms with van der Waals surface area (Å²) < 4.78 is 11.8. The lowest BCUT2D eigenvalue weighted by atomic mass is 10.2. The van der Waals surface area contributed by atoms with Crippen LogP contribution in [0.2, 0.25) is 0 Å². The normalized spacial score (nSPS) is 10.9. The lowest BCUT2D eigenvalue weighted by Gasteiger charge is -2.15. The van der Waals surface area contributed by atoms with Gasteiger partial charge in [-0.2, -0.15) is 5.10 Å². The maximum absolute atomic E-state index is 12.0. The molecule has 0 fully saturated rings. The molecule has 0 aliphatic carbocycles. The first-order valence-electron chi connectivity index (χ1n) is 7.64. The van der Waals surface area contributed by atoms with E-state index in [1.807, 2.05) is 19.9 Å². The minimum absolute atomic E-state index is 0.0175. The van der Waals surface area contributed by atoms with Gasteiger partial charge in [-0.25, -0.2) is 5.43 Å². The van der Waals surface area contributed by atoms with E-state index in [1.54, 1.807) is 37.4 Å². The summed E-state index contributed by atoms with van der Waals surface area (Å²) in [6, 6.07) is 10.2. The number of hydrogen-bond acceptors (Lipinski definition) is 5. The van der Waals surface area contributed by atoms with Gasteiger partial charge in [-0.15, -0.1) is 0 Å². The lowest BCUT2D eigenvalue weighted by Crippen LogP contribution is -2.17. The Morgan fingerprint density at radius 2 is 1.96 bits per heavy atom. The largest absolute Gasteiger partial charge is 0.493 e. The van der Waals surface area contributed by atoms with Crippen molar-refractivity contribution in [3.8, 4) is 11.5 Å². The summed E-state index contributed by atoms with van der Waals surface area (Å²) in [7, 11) is 1.57. The number of nitrogens with one attached hydrogen (secondary N) is 1. The fourth-order valence-electron chi connectivity index (χ4n) is 2.03. The van der Waals surface area contributed by atoms with Gasteiger partial charge in [0.2, 0.25) is 0 Å². The van der Waals surface area contributed by atoms with Gasteiger partial charge in [-0.05, 0) is 71.7 Å². The summed E-state index contributed by atoms with van der Waals surface area (Å²) in [5.41, 5.74) is 9.89. The Labute approximate surface area is 155 Å². The molecule has 0 saturated carbocycles. The smallest absolute Gasteiger partial charge is 0.271 e. The third-order valence-electron chi connectivity index (χ3n) is 3.16. The third kappa shape index (κ3) is 5.22. The van der Waals surface area contributed by atoms with E-state index in [9.17, 15) is 4.79 Å². The molecule has 2 aromatic carbocycles. The minimum atomic E-state index is -0.318. The number of carbonyl (C=O) groups excluding carboxylic acids is 1. The van der Waals surface area contributed by atoms with E-state index in [0.29, 0.717) is 22.7 Å². The number of nitrogens with zero attached hydrogens (tertiary/aromatic N) is 1. The number of amides is 1. The van der Waals surface area contributed by atoms with Crippen molar-refractivity contribution in [1.29, 1.82) is 0 Å². The summed E-state index contributed by atoms with van der Waals surface area (Å²) >= 11 is 3.47. The fourth-order valence-corrected chi connectivity index (χ4v) is 2.58. The molecular formula is C18H20BrN3O3. The highest BCUT2D eigenvalue weighted by Gasteiger charge is 2.12. The van der Waals surface area contributed by atoms with Crippen LogP contribution in [0.3, 0.4) is 0 Å². The molecule has 132 valence electrons. The second kappa shape index (κ2) is 8.53. The molecular weight excluding hydrogens is 386 g/mol. The fraction of sp³-hybridized carbons (Fsp3) is 0.222. The van der Waals surface area contributed by atoms with Crippen molar-refractivity contribution < 1.29 is 14.3 Å². The number of benzene rings is 2. The molecule has 2 rings (SSSR count). The predicted molar refractivity (Wildman–Crippen MR) is 102 cm³/mol. The van der Waals surface area contributed by atoms with Crippen LogP contribution in [-0.4, -0.2) is 25.3 Å². The van der Waals surface area contributed by atoms with Gasteiger partial charge in [0.05, 0.1) is 23.9 Å². The van der Waals surface area contributed by atoms with Gasteiger partial charge >= 0.3 is 0 Å². The highest BCUT2D eigenvalue weighted by Crippen LogP contribution is 2.36. The number of anilines is 1. The first-order valence-corrected chi connectivity index (χ1v) is 8.43. The average Bonchev–Trinajstić information content (AvgIpc) is 2.57. The summed E-state index contributed by atoms with van der Waals surface area (Å²) in [4.78, 5) is 12.0. The van der Waals surface area contributed by atoms with Crippen LogP contribution in [0, 0.1) is 0 Å². The summed E-state index contributed by atoms with van der Waals surface area (Å²) in [5, 5.41) is 3.97. The van der Waals surface area contributed by atoms with Crippen LogP contribution in [0.4, 0.5) is 5.69 Å². The van der Waals surface area contributed by atoms with Gasteiger partial charge < -0.3 is 15.2 Å². The Morgan fingerprint density at radius 1 is 1.28 bits per heavy atom. The van der Waals surface area contributed by atoms with E-state index in [4.69, 9.17) is 15.2 Å². The minimum Gasteiger partial charge on any atom is -0.493 e. The number of nitrogens with two attached hydrogens (primary N) is 1. The number of ether oxygens (including phenoxy) is 2. The molecule has 1 amide bonds. The number of halogens is 1. The van der Waals surface area contributed by atoms with E-state index in [0.717, 1.165) is 10.0 Å². The van der Waals surface area contributed by atoms with Crippen LogP contribution in [0.1, 0.15) is 29.8 Å². The van der Waals surface area contributed by atoms with Crippen LogP contribution < -0.4 is 20.6 Å². The third-order valence-corrected chi connectivity index (χ3v) is 3.75.